The molecule has 1 rings (SSSR count). The van der Waals surface area contributed by atoms with Gasteiger partial charge >= 0.3 is 0 Å². The minimum absolute atomic E-state index is 0.0872. The molecule has 1 N–H and O–H groups in total. The van der Waals surface area contributed by atoms with Gasteiger partial charge in [0, 0.05) is 19.2 Å². The van der Waals surface area contributed by atoms with Gasteiger partial charge in [0.2, 0.25) is 5.91 Å². The van der Waals surface area contributed by atoms with Gasteiger partial charge in [-0.05, 0) is 50.5 Å². The molecule has 122 valence electrons. The van der Waals surface area contributed by atoms with Gasteiger partial charge in [0.15, 0.2) is 0 Å². The summed E-state index contributed by atoms with van der Waals surface area (Å²) >= 11 is 0. The molecule has 0 spiro atoms. The van der Waals surface area contributed by atoms with Crippen LogP contribution in [0.1, 0.15) is 39.2 Å². The van der Waals surface area contributed by atoms with Crippen LogP contribution in [-0.2, 0) is 9.53 Å². The lowest BCUT2D eigenvalue weighted by Crippen LogP contribution is -2.23. The molecule has 22 heavy (non-hydrogen) atoms. The summed E-state index contributed by atoms with van der Waals surface area (Å²) in [5, 5.41) is 2.84. The van der Waals surface area contributed by atoms with E-state index in [1.807, 2.05) is 38.1 Å². The lowest BCUT2D eigenvalue weighted by molar-refractivity contribution is -0.116. The van der Waals surface area contributed by atoms with Gasteiger partial charge in [0.1, 0.15) is 5.75 Å². The van der Waals surface area contributed by atoms with Crippen molar-refractivity contribution in [2.24, 2.45) is 0 Å². The van der Waals surface area contributed by atoms with E-state index in [1.54, 1.807) is 12.2 Å². The maximum atomic E-state index is 11.7. The number of benzene rings is 1. The molecule has 0 radical (unpaired) electrons. The van der Waals surface area contributed by atoms with Crippen molar-refractivity contribution in [3.8, 4) is 5.75 Å². The van der Waals surface area contributed by atoms with E-state index < -0.39 is 0 Å². The summed E-state index contributed by atoms with van der Waals surface area (Å²) in [6.07, 6.45) is 5.39. The Labute approximate surface area is 133 Å². The van der Waals surface area contributed by atoms with E-state index in [0.29, 0.717) is 13.2 Å². The average molecular weight is 305 g/mol. The normalized spacial score (nSPS) is 11.1. The number of nitrogens with one attached hydrogen (secondary N) is 1. The third kappa shape index (κ3) is 8.47. The van der Waals surface area contributed by atoms with Gasteiger partial charge in [-0.2, -0.15) is 0 Å². The Bertz CT molecular complexity index is 452. The fourth-order valence-electron chi connectivity index (χ4n) is 1.73. The first-order valence-corrected chi connectivity index (χ1v) is 7.92. The Morgan fingerprint density at radius 1 is 1.23 bits per heavy atom. The van der Waals surface area contributed by atoms with E-state index in [2.05, 4.69) is 12.2 Å². The molecule has 0 aliphatic heterocycles. The van der Waals surface area contributed by atoms with Gasteiger partial charge in [-0.15, -0.1) is 0 Å². The number of rotatable bonds is 10. The Morgan fingerprint density at radius 3 is 2.59 bits per heavy atom. The third-order valence-corrected chi connectivity index (χ3v) is 2.85. The summed E-state index contributed by atoms with van der Waals surface area (Å²) in [4.78, 5) is 11.7. The van der Waals surface area contributed by atoms with Crippen LogP contribution in [0.4, 0.5) is 0 Å². The Morgan fingerprint density at radius 2 is 1.95 bits per heavy atom. The van der Waals surface area contributed by atoms with E-state index in [1.165, 1.54) is 0 Å². The fraction of sp³-hybridized carbons (Fsp3) is 0.500. The molecule has 0 aliphatic rings. The predicted molar refractivity (Wildman–Crippen MR) is 90.0 cm³/mol. The number of carbonyl (C=O) groups is 1. The second-order valence-electron chi connectivity index (χ2n) is 5.31. The maximum Gasteiger partial charge on any atom is 0.244 e. The van der Waals surface area contributed by atoms with Gasteiger partial charge < -0.3 is 14.8 Å². The van der Waals surface area contributed by atoms with Crippen LogP contribution < -0.4 is 10.1 Å². The third-order valence-electron chi connectivity index (χ3n) is 2.85. The SMILES string of the molecule is CCCOc1ccc(/C=C/C(=O)NCCCOC(C)C)cc1. The molecule has 1 aromatic carbocycles. The van der Waals surface area contributed by atoms with Crippen LogP contribution in [0, 0.1) is 0 Å². The number of amides is 1. The molecule has 0 aromatic heterocycles. The molecule has 0 bridgehead atoms. The zero-order valence-electron chi connectivity index (χ0n) is 13.8. The van der Waals surface area contributed by atoms with Gasteiger partial charge in [-0.25, -0.2) is 0 Å². The maximum absolute atomic E-state index is 11.7. The Balaban J connectivity index is 2.27. The molecule has 0 heterocycles. The summed E-state index contributed by atoms with van der Waals surface area (Å²) in [6.45, 7) is 8.09. The molecule has 4 heteroatoms. The summed E-state index contributed by atoms with van der Waals surface area (Å²) < 4.78 is 10.9. The van der Waals surface area contributed by atoms with Gasteiger partial charge in [0.05, 0.1) is 12.7 Å². The molecule has 0 saturated carbocycles. The quantitative estimate of drug-likeness (QED) is 0.532. The Hall–Kier alpha value is -1.81. The van der Waals surface area contributed by atoms with Crippen LogP contribution in [0.15, 0.2) is 30.3 Å². The molecule has 0 aliphatic carbocycles. The highest BCUT2D eigenvalue weighted by molar-refractivity contribution is 5.91. The molecular weight excluding hydrogens is 278 g/mol. The van der Waals surface area contributed by atoms with Crippen molar-refractivity contribution in [2.45, 2.75) is 39.7 Å². The van der Waals surface area contributed by atoms with Crippen molar-refractivity contribution >= 4 is 12.0 Å². The second-order valence-corrected chi connectivity index (χ2v) is 5.31. The highest BCUT2D eigenvalue weighted by Gasteiger charge is 1.97. The van der Waals surface area contributed by atoms with Gasteiger partial charge in [-0.3, -0.25) is 4.79 Å². The highest BCUT2D eigenvalue weighted by Crippen LogP contribution is 2.13. The van der Waals surface area contributed by atoms with Gasteiger partial charge in [-0.1, -0.05) is 19.1 Å². The molecule has 1 amide bonds. The lowest BCUT2D eigenvalue weighted by atomic mass is 10.2. The molecule has 0 saturated heterocycles. The predicted octanol–water partition coefficient (Wildman–Crippen LogP) is 3.42. The largest absolute Gasteiger partial charge is 0.494 e. The smallest absolute Gasteiger partial charge is 0.244 e. The van der Waals surface area contributed by atoms with Crippen molar-refractivity contribution in [3.63, 3.8) is 0 Å². The number of hydrogen-bond donors (Lipinski definition) is 1. The molecule has 4 nitrogen and oxygen atoms in total. The number of carbonyl (C=O) groups excluding carboxylic acids is 1. The molecule has 1 aromatic rings. The van der Waals surface area contributed by atoms with E-state index in [9.17, 15) is 4.79 Å². The summed E-state index contributed by atoms with van der Waals surface area (Å²) in [7, 11) is 0. The van der Waals surface area contributed by atoms with Crippen LogP contribution >= 0.6 is 0 Å². The van der Waals surface area contributed by atoms with Crippen molar-refractivity contribution in [1.82, 2.24) is 5.32 Å². The van der Waals surface area contributed by atoms with Crippen LogP contribution in [0.25, 0.3) is 6.08 Å². The first-order valence-electron chi connectivity index (χ1n) is 7.92. The van der Waals surface area contributed by atoms with Crippen LogP contribution in [0.3, 0.4) is 0 Å². The van der Waals surface area contributed by atoms with Gasteiger partial charge in [0.25, 0.3) is 0 Å². The van der Waals surface area contributed by atoms with Crippen molar-refractivity contribution < 1.29 is 14.3 Å². The minimum atomic E-state index is -0.0872. The zero-order valence-corrected chi connectivity index (χ0v) is 13.8. The first-order chi connectivity index (χ1) is 10.6. The molecule has 0 unspecified atom stereocenters. The second kappa shape index (κ2) is 10.9. The van der Waals surface area contributed by atoms with E-state index in [4.69, 9.17) is 9.47 Å². The summed E-state index contributed by atoms with van der Waals surface area (Å²) in [5.41, 5.74) is 0.974. The molecule has 0 fully saturated rings. The van der Waals surface area contributed by atoms with E-state index >= 15 is 0 Å². The minimum Gasteiger partial charge on any atom is -0.494 e. The monoisotopic (exact) mass is 305 g/mol. The fourth-order valence-corrected chi connectivity index (χ4v) is 1.73. The Kier molecular flexibility index (Phi) is 9.00. The van der Waals surface area contributed by atoms with Crippen LogP contribution in [-0.4, -0.2) is 31.8 Å². The van der Waals surface area contributed by atoms with Crippen LogP contribution in [0.2, 0.25) is 0 Å². The zero-order chi connectivity index (χ0) is 16.2. The number of ether oxygens (including phenoxy) is 2. The van der Waals surface area contributed by atoms with Crippen molar-refractivity contribution in [2.75, 3.05) is 19.8 Å². The van der Waals surface area contributed by atoms with Crippen molar-refractivity contribution in [1.29, 1.82) is 0 Å². The summed E-state index contributed by atoms with van der Waals surface area (Å²) in [6, 6.07) is 7.70. The lowest BCUT2D eigenvalue weighted by Gasteiger charge is -2.07. The number of hydrogen-bond acceptors (Lipinski definition) is 3. The topological polar surface area (TPSA) is 47.6 Å². The first kappa shape index (κ1) is 18.2. The summed E-state index contributed by atoms with van der Waals surface area (Å²) in [5.74, 6) is 0.768. The van der Waals surface area contributed by atoms with Crippen molar-refractivity contribution in [3.05, 3.63) is 35.9 Å². The van der Waals surface area contributed by atoms with E-state index in [-0.39, 0.29) is 12.0 Å². The molecule has 0 atom stereocenters. The van der Waals surface area contributed by atoms with E-state index in [0.717, 1.165) is 30.8 Å². The standard InChI is InChI=1S/C18H27NO3/c1-4-13-22-17-9-6-16(7-10-17)8-11-18(20)19-12-5-14-21-15(2)3/h6-11,15H,4-5,12-14H2,1-3H3,(H,19,20)/b11-8+. The van der Waals surface area contributed by atoms with Crippen LogP contribution in [0.5, 0.6) is 5.75 Å². The highest BCUT2D eigenvalue weighted by atomic mass is 16.5. The molecular formula is C18H27NO3. The average Bonchev–Trinajstić information content (AvgIpc) is 2.51.